The van der Waals surface area contributed by atoms with Crippen molar-refractivity contribution in [1.29, 1.82) is 0 Å². The predicted octanol–water partition coefficient (Wildman–Crippen LogP) is 0.283. The fourth-order valence-corrected chi connectivity index (χ4v) is 4.16. The molecule has 1 fully saturated rings. The van der Waals surface area contributed by atoms with Crippen LogP contribution in [-0.4, -0.2) is 68.0 Å². The minimum absolute atomic E-state index is 0.0553. The van der Waals surface area contributed by atoms with Crippen molar-refractivity contribution in [3.8, 4) is 5.88 Å². The third kappa shape index (κ3) is 4.44. The number of hydrogen-bond acceptors (Lipinski definition) is 7. The molecule has 24 heavy (non-hydrogen) atoms. The lowest BCUT2D eigenvalue weighted by molar-refractivity contribution is -0.134. The van der Waals surface area contributed by atoms with Crippen LogP contribution in [0.5, 0.6) is 5.88 Å². The van der Waals surface area contributed by atoms with Crippen LogP contribution >= 0.6 is 0 Å². The summed E-state index contributed by atoms with van der Waals surface area (Å²) in [7, 11) is -1.58. The number of carbonyl (C=O) groups excluding carboxylic acids is 2. The third-order valence-electron chi connectivity index (χ3n) is 3.75. The molecule has 1 atom stereocenters. The van der Waals surface area contributed by atoms with Gasteiger partial charge in [-0.15, -0.1) is 0 Å². The lowest BCUT2D eigenvalue weighted by Crippen LogP contribution is -2.40. The summed E-state index contributed by atoms with van der Waals surface area (Å²) in [6, 6.07) is 2.69. The zero-order valence-corrected chi connectivity index (χ0v) is 14.4. The summed E-state index contributed by atoms with van der Waals surface area (Å²) < 4.78 is 33.2. The van der Waals surface area contributed by atoms with E-state index in [1.165, 1.54) is 24.2 Å². The molecule has 0 unspecified atom stereocenters. The summed E-state index contributed by atoms with van der Waals surface area (Å²) in [5, 5.41) is 0. The number of likely N-dealkylation sites (N-methyl/N-ethyl adjacent to an activating group) is 1. The third-order valence-corrected chi connectivity index (χ3v) is 5.50. The number of pyridine rings is 1. The van der Waals surface area contributed by atoms with Crippen molar-refractivity contribution in [3.63, 3.8) is 0 Å². The molecule has 8 nitrogen and oxygen atoms in total. The van der Waals surface area contributed by atoms with Gasteiger partial charge >= 0.3 is 5.97 Å². The van der Waals surface area contributed by atoms with E-state index < -0.39 is 28.3 Å². The van der Waals surface area contributed by atoms with Crippen LogP contribution in [0.1, 0.15) is 23.7 Å². The van der Waals surface area contributed by atoms with E-state index in [0.29, 0.717) is 13.0 Å². The Balaban J connectivity index is 1.93. The van der Waals surface area contributed by atoms with Crippen LogP contribution < -0.4 is 4.74 Å². The van der Waals surface area contributed by atoms with Crippen molar-refractivity contribution in [3.05, 3.63) is 23.9 Å². The Morgan fingerprint density at radius 1 is 1.42 bits per heavy atom. The van der Waals surface area contributed by atoms with Gasteiger partial charge in [0.1, 0.15) is 5.56 Å². The highest BCUT2D eigenvalue weighted by Crippen LogP contribution is 2.18. The van der Waals surface area contributed by atoms with E-state index in [9.17, 15) is 18.0 Å². The smallest absolute Gasteiger partial charge is 0.344 e. The van der Waals surface area contributed by atoms with E-state index in [-0.39, 0.29) is 29.0 Å². The fraction of sp³-hybridized carbons (Fsp3) is 0.533. The lowest BCUT2D eigenvalue weighted by atomic mass is 10.2. The van der Waals surface area contributed by atoms with Gasteiger partial charge in [0.25, 0.3) is 5.91 Å². The molecule has 1 amide bonds. The fourth-order valence-electron chi connectivity index (χ4n) is 2.39. The van der Waals surface area contributed by atoms with Crippen LogP contribution in [0.2, 0.25) is 0 Å². The van der Waals surface area contributed by atoms with Gasteiger partial charge in [-0.2, -0.15) is 0 Å². The molecule has 1 aliphatic rings. The average molecular weight is 356 g/mol. The van der Waals surface area contributed by atoms with Gasteiger partial charge in [-0.25, -0.2) is 18.2 Å². The number of nitrogens with zero attached hydrogens (tertiary/aromatic N) is 2. The van der Waals surface area contributed by atoms with Crippen LogP contribution in [-0.2, 0) is 19.4 Å². The Hall–Kier alpha value is -2.16. The first-order valence-corrected chi connectivity index (χ1v) is 9.37. The molecular weight excluding hydrogens is 336 g/mol. The summed E-state index contributed by atoms with van der Waals surface area (Å²) in [5.74, 6) is -1.00. The van der Waals surface area contributed by atoms with Crippen LogP contribution in [0.25, 0.3) is 0 Å². The van der Waals surface area contributed by atoms with E-state index in [2.05, 4.69) is 4.98 Å². The Morgan fingerprint density at radius 2 is 2.17 bits per heavy atom. The highest BCUT2D eigenvalue weighted by atomic mass is 32.2. The highest BCUT2D eigenvalue weighted by molar-refractivity contribution is 7.91. The van der Waals surface area contributed by atoms with Gasteiger partial charge in [0, 0.05) is 19.3 Å². The molecule has 2 rings (SSSR count). The summed E-state index contributed by atoms with van der Waals surface area (Å²) in [6.07, 6.45) is 1.89. The number of carbonyl (C=O) groups is 2. The molecule has 1 saturated heterocycles. The summed E-state index contributed by atoms with van der Waals surface area (Å²) in [6.45, 7) is 1.64. The maximum absolute atomic E-state index is 12.1. The monoisotopic (exact) mass is 356 g/mol. The van der Waals surface area contributed by atoms with Gasteiger partial charge in [-0.3, -0.25) is 4.79 Å². The molecule has 2 heterocycles. The number of ether oxygens (including phenoxy) is 2. The van der Waals surface area contributed by atoms with Crippen LogP contribution in [0, 0.1) is 0 Å². The summed E-state index contributed by atoms with van der Waals surface area (Å²) in [5.41, 5.74) is 0.137. The van der Waals surface area contributed by atoms with E-state index in [1.54, 1.807) is 13.0 Å². The number of sulfone groups is 1. The van der Waals surface area contributed by atoms with Crippen LogP contribution in [0.4, 0.5) is 0 Å². The zero-order valence-electron chi connectivity index (χ0n) is 13.6. The van der Waals surface area contributed by atoms with E-state index in [0.717, 1.165) is 0 Å². The number of aromatic nitrogens is 1. The number of hydrogen-bond donors (Lipinski definition) is 0. The minimum atomic E-state index is -3.09. The van der Waals surface area contributed by atoms with Gasteiger partial charge in [-0.1, -0.05) is 0 Å². The minimum Gasteiger partial charge on any atom is -0.477 e. The maximum atomic E-state index is 12.1. The molecule has 1 aromatic heterocycles. The second kappa shape index (κ2) is 7.61. The molecule has 0 saturated carbocycles. The predicted molar refractivity (Wildman–Crippen MR) is 85.5 cm³/mol. The van der Waals surface area contributed by atoms with Crippen LogP contribution in [0.15, 0.2) is 18.3 Å². The molecule has 132 valence electrons. The Kier molecular flexibility index (Phi) is 5.76. The van der Waals surface area contributed by atoms with Crippen molar-refractivity contribution >= 4 is 21.7 Å². The topological polar surface area (TPSA) is 103 Å². The highest BCUT2D eigenvalue weighted by Gasteiger charge is 2.33. The van der Waals surface area contributed by atoms with Crippen molar-refractivity contribution in [2.45, 2.75) is 19.4 Å². The Bertz CT molecular complexity index is 718. The second-order valence-electron chi connectivity index (χ2n) is 5.43. The molecule has 0 aliphatic carbocycles. The van der Waals surface area contributed by atoms with Gasteiger partial charge in [0.15, 0.2) is 16.4 Å². The van der Waals surface area contributed by atoms with Gasteiger partial charge in [0.05, 0.1) is 18.1 Å². The number of esters is 1. The molecule has 0 spiro atoms. The SMILES string of the molecule is CCOc1ncccc1C(=O)OCC(=O)N(C)[C@@H]1CCS(=O)(=O)C1. The molecule has 1 aromatic rings. The summed E-state index contributed by atoms with van der Waals surface area (Å²) >= 11 is 0. The second-order valence-corrected chi connectivity index (χ2v) is 7.66. The van der Waals surface area contributed by atoms with Crippen LogP contribution in [0.3, 0.4) is 0 Å². The maximum Gasteiger partial charge on any atom is 0.344 e. The van der Waals surface area contributed by atoms with Gasteiger partial charge < -0.3 is 14.4 Å². The van der Waals surface area contributed by atoms with Crippen molar-refractivity contribution in [2.75, 3.05) is 31.8 Å². The van der Waals surface area contributed by atoms with Gasteiger partial charge in [-0.05, 0) is 25.5 Å². The molecule has 0 bridgehead atoms. The molecule has 0 radical (unpaired) electrons. The molecular formula is C15H20N2O6S. The van der Waals surface area contributed by atoms with E-state index >= 15 is 0 Å². The lowest BCUT2D eigenvalue weighted by Gasteiger charge is -2.23. The van der Waals surface area contributed by atoms with Crippen molar-refractivity contribution in [2.24, 2.45) is 0 Å². The first-order chi connectivity index (χ1) is 11.3. The zero-order chi connectivity index (χ0) is 17.7. The van der Waals surface area contributed by atoms with Crippen molar-refractivity contribution in [1.82, 2.24) is 9.88 Å². The quantitative estimate of drug-likeness (QED) is 0.675. The average Bonchev–Trinajstić information content (AvgIpc) is 2.92. The largest absolute Gasteiger partial charge is 0.477 e. The van der Waals surface area contributed by atoms with E-state index in [4.69, 9.17) is 9.47 Å². The van der Waals surface area contributed by atoms with E-state index in [1.807, 2.05) is 0 Å². The van der Waals surface area contributed by atoms with Crippen molar-refractivity contribution < 1.29 is 27.5 Å². The molecule has 0 N–H and O–H groups in total. The number of amides is 1. The first kappa shape index (κ1) is 18.2. The summed E-state index contributed by atoms with van der Waals surface area (Å²) in [4.78, 5) is 29.4. The van der Waals surface area contributed by atoms with Gasteiger partial charge in [0.2, 0.25) is 5.88 Å². The Labute approximate surface area is 140 Å². The molecule has 9 heteroatoms. The first-order valence-electron chi connectivity index (χ1n) is 7.55. The molecule has 1 aliphatic heterocycles. The standard InChI is InChI=1S/C15H20N2O6S/c1-3-22-14-12(5-4-7-16-14)15(19)23-9-13(18)17(2)11-6-8-24(20,21)10-11/h4-5,7,11H,3,6,8-10H2,1-2H3/t11-/m1/s1. The normalized spacial score (nSPS) is 18.8. The molecule has 0 aromatic carbocycles. The number of rotatable bonds is 6. The Morgan fingerprint density at radius 3 is 2.79 bits per heavy atom.